The molecule has 18 heavy (non-hydrogen) atoms. The first-order valence-corrected chi connectivity index (χ1v) is 8.15. The van der Waals surface area contributed by atoms with Crippen molar-refractivity contribution < 1.29 is 0 Å². The Morgan fingerprint density at radius 1 is 1.11 bits per heavy atom. The molecule has 2 rings (SSSR count). The van der Waals surface area contributed by atoms with E-state index < -0.39 is 0 Å². The molecule has 4 atom stereocenters. The van der Waals surface area contributed by atoms with Gasteiger partial charge in [0.15, 0.2) is 0 Å². The fourth-order valence-corrected chi connectivity index (χ4v) is 3.87. The molecule has 0 saturated carbocycles. The van der Waals surface area contributed by atoms with E-state index in [4.69, 9.17) is 0 Å². The monoisotopic (exact) mass is 252 g/mol. The van der Waals surface area contributed by atoms with Gasteiger partial charge >= 0.3 is 0 Å². The van der Waals surface area contributed by atoms with E-state index in [9.17, 15) is 0 Å². The largest absolute Gasteiger partial charge is 0.316 e. The normalized spacial score (nSPS) is 36.5. The quantitative estimate of drug-likeness (QED) is 0.826. The molecular formula is C16H32N2. The van der Waals surface area contributed by atoms with E-state index in [0.29, 0.717) is 0 Å². The minimum Gasteiger partial charge on any atom is -0.316 e. The van der Waals surface area contributed by atoms with Crippen molar-refractivity contribution in [1.82, 2.24) is 10.2 Å². The second-order valence-electron chi connectivity index (χ2n) is 6.74. The van der Waals surface area contributed by atoms with Gasteiger partial charge in [0, 0.05) is 12.1 Å². The molecule has 0 aliphatic carbocycles. The lowest BCUT2D eigenvalue weighted by Crippen LogP contribution is -2.45. The minimum atomic E-state index is 0.811. The molecule has 2 aliphatic rings. The van der Waals surface area contributed by atoms with Gasteiger partial charge in [0.2, 0.25) is 0 Å². The van der Waals surface area contributed by atoms with Gasteiger partial charge < -0.3 is 5.32 Å². The zero-order valence-corrected chi connectivity index (χ0v) is 12.6. The number of piperidine rings is 2. The molecule has 2 unspecified atom stereocenters. The highest BCUT2D eigenvalue weighted by molar-refractivity contribution is 4.81. The molecule has 1 N–H and O–H groups in total. The summed E-state index contributed by atoms with van der Waals surface area (Å²) in [7, 11) is 0. The van der Waals surface area contributed by atoms with Crippen molar-refractivity contribution in [3.05, 3.63) is 0 Å². The molecule has 0 aromatic heterocycles. The van der Waals surface area contributed by atoms with Crippen LogP contribution in [-0.4, -0.2) is 36.6 Å². The molecule has 0 bridgehead atoms. The first-order chi connectivity index (χ1) is 8.68. The average Bonchev–Trinajstić information content (AvgIpc) is 2.39. The van der Waals surface area contributed by atoms with Crippen molar-refractivity contribution in [1.29, 1.82) is 0 Å². The Labute approximate surface area is 114 Å². The van der Waals surface area contributed by atoms with Crippen LogP contribution in [0.4, 0.5) is 0 Å². The predicted octanol–water partition coefficient (Wildman–Crippen LogP) is 3.28. The Morgan fingerprint density at radius 3 is 2.44 bits per heavy atom. The zero-order chi connectivity index (χ0) is 13.0. The highest BCUT2D eigenvalue weighted by Crippen LogP contribution is 2.26. The molecule has 106 valence electrons. The zero-order valence-electron chi connectivity index (χ0n) is 12.6. The fourth-order valence-electron chi connectivity index (χ4n) is 3.87. The van der Waals surface area contributed by atoms with Crippen molar-refractivity contribution >= 4 is 0 Å². The summed E-state index contributed by atoms with van der Waals surface area (Å²) in [4.78, 5) is 2.76. The summed E-state index contributed by atoms with van der Waals surface area (Å²) in [5.41, 5.74) is 0. The second-order valence-corrected chi connectivity index (χ2v) is 6.74. The van der Waals surface area contributed by atoms with Crippen LogP contribution in [0.2, 0.25) is 0 Å². The lowest BCUT2D eigenvalue weighted by atomic mass is 9.85. The summed E-state index contributed by atoms with van der Waals surface area (Å²) in [6.07, 6.45) is 8.46. The average molecular weight is 252 g/mol. The topological polar surface area (TPSA) is 15.3 Å². The summed E-state index contributed by atoms with van der Waals surface area (Å²) < 4.78 is 0. The Kier molecular flexibility index (Phi) is 5.50. The van der Waals surface area contributed by atoms with E-state index in [0.717, 1.165) is 23.9 Å². The molecule has 0 amide bonds. The van der Waals surface area contributed by atoms with Gasteiger partial charge in [-0.15, -0.1) is 0 Å². The standard InChI is InChI=1S/C16H32N2/c1-13(16-8-5-10-17-12-16)9-11-18-14(2)6-4-7-15(18)3/h13-17H,4-12H2,1-3H3/t13?,14-,15+,16?. The summed E-state index contributed by atoms with van der Waals surface area (Å²) in [6.45, 7) is 11.1. The van der Waals surface area contributed by atoms with Crippen molar-refractivity contribution in [2.75, 3.05) is 19.6 Å². The van der Waals surface area contributed by atoms with E-state index in [-0.39, 0.29) is 0 Å². The molecule has 0 aromatic carbocycles. The van der Waals surface area contributed by atoms with Crippen LogP contribution in [0.3, 0.4) is 0 Å². The van der Waals surface area contributed by atoms with Gasteiger partial charge in [0.05, 0.1) is 0 Å². The van der Waals surface area contributed by atoms with E-state index >= 15 is 0 Å². The number of nitrogens with one attached hydrogen (secondary N) is 1. The molecule has 2 heteroatoms. The van der Waals surface area contributed by atoms with Gasteiger partial charge in [-0.1, -0.05) is 13.3 Å². The van der Waals surface area contributed by atoms with Crippen molar-refractivity contribution in [2.24, 2.45) is 11.8 Å². The van der Waals surface area contributed by atoms with Crippen molar-refractivity contribution in [3.63, 3.8) is 0 Å². The Morgan fingerprint density at radius 2 is 1.83 bits per heavy atom. The lowest BCUT2D eigenvalue weighted by Gasteiger charge is -2.40. The van der Waals surface area contributed by atoms with Gasteiger partial charge in [0.1, 0.15) is 0 Å². The van der Waals surface area contributed by atoms with E-state index in [1.807, 2.05) is 0 Å². The van der Waals surface area contributed by atoms with Crippen LogP contribution >= 0.6 is 0 Å². The van der Waals surface area contributed by atoms with Crippen LogP contribution in [0.1, 0.15) is 59.3 Å². The van der Waals surface area contributed by atoms with Crippen LogP contribution in [0, 0.1) is 11.8 Å². The van der Waals surface area contributed by atoms with Crippen LogP contribution < -0.4 is 5.32 Å². The third-order valence-corrected chi connectivity index (χ3v) is 5.36. The van der Waals surface area contributed by atoms with Crippen LogP contribution in [0.25, 0.3) is 0 Å². The Bertz CT molecular complexity index is 225. The number of rotatable bonds is 4. The summed E-state index contributed by atoms with van der Waals surface area (Å²) in [5, 5.41) is 3.56. The number of likely N-dealkylation sites (tertiary alicyclic amines) is 1. The van der Waals surface area contributed by atoms with E-state index in [2.05, 4.69) is 31.0 Å². The van der Waals surface area contributed by atoms with E-state index in [1.165, 1.54) is 58.2 Å². The first-order valence-electron chi connectivity index (χ1n) is 8.15. The third kappa shape index (κ3) is 3.71. The maximum atomic E-state index is 3.56. The lowest BCUT2D eigenvalue weighted by molar-refractivity contribution is 0.0908. The van der Waals surface area contributed by atoms with Gasteiger partial charge in [-0.3, -0.25) is 4.90 Å². The van der Waals surface area contributed by atoms with E-state index in [1.54, 1.807) is 0 Å². The first kappa shape index (κ1) is 14.3. The molecule has 2 nitrogen and oxygen atoms in total. The highest BCUT2D eigenvalue weighted by atomic mass is 15.2. The molecule has 2 fully saturated rings. The van der Waals surface area contributed by atoms with Gasteiger partial charge in [-0.2, -0.15) is 0 Å². The molecule has 0 aromatic rings. The number of nitrogens with zero attached hydrogens (tertiary/aromatic N) is 1. The molecule has 2 aliphatic heterocycles. The number of hydrogen-bond donors (Lipinski definition) is 1. The molecule has 0 radical (unpaired) electrons. The Balaban J connectivity index is 1.75. The van der Waals surface area contributed by atoms with Gasteiger partial charge in [-0.05, 0) is 77.4 Å². The van der Waals surface area contributed by atoms with Gasteiger partial charge in [-0.25, -0.2) is 0 Å². The highest BCUT2D eigenvalue weighted by Gasteiger charge is 2.26. The van der Waals surface area contributed by atoms with Crippen LogP contribution in [-0.2, 0) is 0 Å². The molecule has 2 heterocycles. The Hall–Kier alpha value is -0.0800. The fraction of sp³-hybridized carbons (Fsp3) is 1.00. The minimum absolute atomic E-state index is 0.811. The van der Waals surface area contributed by atoms with Crippen molar-refractivity contribution in [3.8, 4) is 0 Å². The SMILES string of the molecule is CC(CCN1[C@H](C)CCC[C@@H]1C)C1CCCNC1. The predicted molar refractivity (Wildman–Crippen MR) is 78.9 cm³/mol. The van der Waals surface area contributed by atoms with Crippen LogP contribution in [0.15, 0.2) is 0 Å². The number of hydrogen-bond acceptors (Lipinski definition) is 2. The van der Waals surface area contributed by atoms with Crippen molar-refractivity contribution in [2.45, 2.75) is 71.4 Å². The molecule has 0 spiro atoms. The third-order valence-electron chi connectivity index (χ3n) is 5.36. The smallest absolute Gasteiger partial charge is 0.00697 e. The van der Waals surface area contributed by atoms with Crippen LogP contribution in [0.5, 0.6) is 0 Å². The molecular weight excluding hydrogens is 220 g/mol. The summed E-state index contributed by atoms with van der Waals surface area (Å²) in [6, 6.07) is 1.62. The summed E-state index contributed by atoms with van der Waals surface area (Å²) in [5.74, 6) is 1.81. The van der Waals surface area contributed by atoms with Gasteiger partial charge in [0.25, 0.3) is 0 Å². The maximum absolute atomic E-state index is 3.56. The second kappa shape index (κ2) is 6.91. The summed E-state index contributed by atoms with van der Waals surface area (Å²) >= 11 is 0. The molecule has 2 saturated heterocycles. The maximum Gasteiger partial charge on any atom is 0.00697 e.